The summed E-state index contributed by atoms with van der Waals surface area (Å²) in [4.78, 5) is 28.1. The number of rotatable bonds is 9. The summed E-state index contributed by atoms with van der Waals surface area (Å²) < 4.78 is 24.9. The number of carboxylic acids is 1. The van der Waals surface area contributed by atoms with Crippen molar-refractivity contribution >= 4 is 22.8 Å². The number of hydrogen-bond donors (Lipinski definition) is 2. The summed E-state index contributed by atoms with van der Waals surface area (Å²) in [5, 5.41) is 9.28. The second-order valence-electron chi connectivity index (χ2n) is 9.04. The number of fused-ring (bicyclic) bond motifs is 1. The van der Waals surface area contributed by atoms with E-state index in [-0.39, 0.29) is 27.9 Å². The van der Waals surface area contributed by atoms with Crippen molar-refractivity contribution in [3.05, 3.63) is 71.9 Å². The van der Waals surface area contributed by atoms with Crippen LogP contribution in [0.4, 0.5) is 10.2 Å². The van der Waals surface area contributed by atoms with Gasteiger partial charge in [-0.3, -0.25) is 9.97 Å². The number of aromatic nitrogens is 3. The number of halogens is 1. The maximum Gasteiger partial charge on any atom is 0.337 e. The average molecular weight is 537 g/mol. The number of nitrogen functional groups attached to an aromatic ring is 1. The minimum absolute atomic E-state index is 0.00267. The largest absolute Gasteiger partial charge is 0.497 e. The molecule has 0 aliphatic carbocycles. The van der Waals surface area contributed by atoms with Crippen molar-refractivity contribution in [2.45, 2.75) is 6.54 Å². The number of anilines is 1. The fraction of sp³-hybridized carbons (Fsp3) is 0.286. The van der Waals surface area contributed by atoms with Gasteiger partial charge in [0.25, 0.3) is 0 Å². The molecule has 0 aliphatic heterocycles. The predicted octanol–water partition coefficient (Wildman–Crippen LogP) is 3.81. The third kappa shape index (κ3) is 7.59. The van der Waals surface area contributed by atoms with Gasteiger partial charge in [0, 0.05) is 55.4 Å². The molecule has 0 fully saturated rings. The number of ether oxygens (including phenoxy) is 2. The van der Waals surface area contributed by atoms with E-state index < -0.39 is 11.8 Å². The smallest absolute Gasteiger partial charge is 0.337 e. The first-order valence-corrected chi connectivity index (χ1v) is 12.1. The van der Waals surface area contributed by atoms with Crippen LogP contribution < -0.4 is 15.2 Å². The maximum absolute atomic E-state index is 14.7. The van der Waals surface area contributed by atoms with Gasteiger partial charge in [-0.05, 0) is 44.9 Å². The first-order chi connectivity index (χ1) is 18.6. The normalized spacial score (nSPS) is 10.9. The Balaban J connectivity index is 0.000000242. The topological polar surface area (TPSA) is 127 Å². The van der Waals surface area contributed by atoms with Crippen molar-refractivity contribution in [3.8, 4) is 22.6 Å². The van der Waals surface area contributed by atoms with Crippen LogP contribution >= 0.6 is 0 Å². The zero-order valence-electron chi connectivity index (χ0n) is 22.7. The van der Waals surface area contributed by atoms with Crippen molar-refractivity contribution in [1.82, 2.24) is 24.8 Å². The molecule has 11 heteroatoms. The van der Waals surface area contributed by atoms with Crippen molar-refractivity contribution < 1.29 is 23.8 Å². The summed E-state index contributed by atoms with van der Waals surface area (Å²) >= 11 is 0. The van der Waals surface area contributed by atoms with Crippen LogP contribution in [-0.2, 0) is 6.54 Å². The minimum Gasteiger partial charge on any atom is -0.497 e. The van der Waals surface area contributed by atoms with Gasteiger partial charge in [-0.1, -0.05) is 12.1 Å². The Labute approximate surface area is 226 Å². The first kappa shape index (κ1) is 29.2. The molecule has 0 saturated carbocycles. The van der Waals surface area contributed by atoms with Gasteiger partial charge in [-0.2, -0.15) is 0 Å². The summed E-state index contributed by atoms with van der Waals surface area (Å²) in [6.07, 6.45) is 4.65. The maximum atomic E-state index is 14.7. The average Bonchev–Trinajstić information content (AvgIpc) is 2.93. The highest BCUT2D eigenvalue weighted by atomic mass is 19.1. The lowest BCUT2D eigenvalue weighted by molar-refractivity contribution is 0.0699. The van der Waals surface area contributed by atoms with E-state index in [0.717, 1.165) is 19.6 Å². The highest BCUT2D eigenvalue weighted by Gasteiger charge is 2.19. The van der Waals surface area contributed by atoms with Crippen LogP contribution in [0.3, 0.4) is 0 Å². The molecule has 0 amide bonds. The molecule has 0 unspecified atom stereocenters. The molecule has 0 radical (unpaired) electrons. The number of carbonyl (C=O) groups is 1. The fourth-order valence-corrected chi connectivity index (χ4v) is 3.77. The van der Waals surface area contributed by atoms with Crippen molar-refractivity contribution in [2.24, 2.45) is 0 Å². The Kier molecular flexibility index (Phi) is 10.1. The molecule has 206 valence electrons. The third-order valence-electron chi connectivity index (χ3n) is 5.84. The van der Waals surface area contributed by atoms with Crippen LogP contribution in [0.15, 0.2) is 55.0 Å². The van der Waals surface area contributed by atoms with Crippen molar-refractivity contribution in [1.29, 1.82) is 0 Å². The Morgan fingerprint density at radius 1 is 0.949 bits per heavy atom. The summed E-state index contributed by atoms with van der Waals surface area (Å²) in [6, 6.07) is 9.67. The van der Waals surface area contributed by atoms with E-state index in [1.807, 2.05) is 18.3 Å². The second kappa shape index (κ2) is 13.4. The van der Waals surface area contributed by atoms with E-state index in [9.17, 15) is 14.3 Å². The number of aromatic carboxylic acids is 1. The summed E-state index contributed by atoms with van der Waals surface area (Å²) in [5.41, 5.74) is 7.78. The molecule has 0 atom stereocenters. The molecule has 2 aromatic heterocycles. The van der Waals surface area contributed by atoms with E-state index in [1.165, 1.54) is 56.4 Å². The van der Waals surface area contributed by atoms with E-state index in [0.29, 0.717) is 17.1 Å². The highest BCUT2D eigenvalue weighted by Crippen LogP contribution is 2.37. The molecule has 0 bridgehead atoms. The second-order valence-corrected chi connectivity index (χ2v) is 9.04. The van der Waals surface area contributed by atoms with E-state index in [4.69, 9.17) is 15.2 Å². The lowest BCUT2D eigenvalue weighted by atomic mass is 10.00. The molecule has 4 aromatic rings. The lowest BCUT2D eigenvalue weighted by Crippen LogP contribution is -2.28. The number of hydrogen-bond acceptors (Lipinski definition) is 9. The highest BCUT2D eigenvalue weighted by molar-refractivity contribution is 6.05. The van der Waals surface area contributed by atoms with Gasteiger partial charge in [-0.25, -0.2) is 14.2 Å². The van der Waals surface area contributed by atoms with Crippen molar-refractivity contribution in [3.63, 3.8) is 0 Å². The van der Waals surface area contributed by atoms with Crippen molar-refractivity contribution in [2.75, 3.05) is 54.2 Å². The zero-order valence-corrected chi connectivity index (χ0v) is 22.7. The van der Waals surface area contributed by atoms with Gasteiger partial charge in [0.1, 0.15) is 17.1 Å². The number of methoxy groups -OCH3 is 2. The van der Waals surface area contributed by atoms with E-state index >= 15 is 0 Å². The number of nitrogens with two attached hydrogens (primary N) is 1. The van der Waals surface area contributed by atoms with Crippen LogP contribution in [0, 0.1) is 5.82 Å². The summed E-state index contributed by atoms with van der Waals surface area (Å²) in [5.74, 6) is -0.718. The summed E-state index contributed by atoms with van der Waals surface area (Å²) in [7, 11) is 9.09. The van der Waals surface area contributed by atoms with Crippen LogP contribution in [-0.4, -0.2) is 84.3 Å². The Morgan fingerprint density at radius 3 is 2.26 bits per heavy atom. The Morgan fingerprint density at radius 2 is 1.67 bits per heavy atom. The van der Waals surface area contributed by atoms with Gasteiger partial charge >= 0.3 is 5.97 Å². The van der Waals surface area contributed by atoms with Gasteiger partial charge < -0.3 is 30.1 Å². The van der Waals surface area contributed by atoms with Gasteiger partial charge in [0.05, 0.1) is 25.3 Å². The van der Waals surface area contributed by atoms with Crippen LogP contribution in [0.1, 0.15) is 15.9 Å². The van der Waals surface area contributed by atoms with Gasteiger partial charge in [0.15, 0.2) is 11.6 Å². The molecule has 2 heterocycles. The van der Waals surface area contributed by atoms with Gasteiger partial charge in [-0.15, -0.1) is 0 Å². The molecule has 0 saturated heterocycles. The monoisotopic (exact) mass is 536 g/mol. The molecule has 10 nitrogen and oxygen atoms in total. The van der Waals surface area contributed by atoms with Crippen LogP contribution in [0.25, 0.3) is 22.2 Å². The number of nitrogens with zero attached hydrogens (tertiary/aromatic N) is 5. The SMILES string of the molecule is CN(C)CCN(C)Cc1ccc(N)nc1.COc1cc(OC)c(F)c(-c2ccc(C(=O)O)c3nccnc23)c1. The molecule has 2 aromatic carbocycles. The minimum atomic E-state index is -1.13. The third-order valence-corrected chi connectivity index (χ3v) is 5.84. The fourth-order valence-electron chi connectivity index (χ4n) is 3.77. The predicted molar refractivity (Wildman–Crippen MR) is 149 cm³/mol. The molecular weight excluding hydrogens is 503 g/mol. The Bertz CT molecular complexity index is 1420. The molecule has 0 aliphatic rings. The molecule has 3 N–H and O–H groups in total. The van der Waals surface area contributed by atoms with E-state index in [2.05, 4.69) is 45.9 Å². The molecule has 39 heavy (non-hydrogen) atoms. The molecular formula is C28H33FN6O4. The number of likely N-dealkylation sites (N-methyl/N-ethyl adjacent to an activating group) is 2. The molecule has 0 spiro atoms. The van der Waals surface area contributed by atoms with E-state index in [1.54, 1.807) is 0 Å². The zero-order chi connectivity index (χ0) is 28.5. The van der Waals surface area contributed by atoms with Crippen LogP contribution in [0.2, 0.25) is 0 Å². The summed E-state index contributed by atoms with van der Waals surface area (Å²) in [6.45, 7) is 3.04. The number of pyridine rings is 1. The van der Waals surface area contributed by atoms with Gasteiger partial charge in [0.2, 0.25) is 0 Å². The number of carboxylic acid groups (broad SMARTS) is 1. The number of benzene rings is 2. The lowest BCUT2D eigenvalue weighted by Gasteiger charge is -2.19. The first-order valence-electron chi connectivity index (χ1n) is 12.1. The quantitative estimate of drug-likeness (QED) is 0.326. The van der Waals surface area contributed by atoms with Crippen LogP contribution in [0.5, 0.6) is 11.5 Å². The molecule has 4 rings (SSSR count). The standard InChI is InChI=1S/C17H13FN2O4.C11H20N4/c1-23-9-7-12(14(18)13(8-9)24-2)10-3-4-11(17(21)22)16-15(10)19-5-6-20-16;1-14(2)6-7-15(3)9-10-4-5-11(12)13-8-10/h3-8H,1-2H3,(H,21,22);4-5,8H,6-7,9H2,1-3H3,(H2,12,13). The Hall–Kier alpha value is -4.35.